The van der Waals surface area contributed by atoms with Crippen LogP contribution in [0, 0.1) is 23.5 Å². The molecule has 9 heteroatoms. The van der Waals surface area contributed by atoms with Crippen molar-refractivity contribution < 1.29 is 13.6 Å². The molecule has 0 bridgehead atoms. The molecular weight excluding hydrogens is 444 g/mol. The summed E-state index contributed by atoms with van der Waals surface area (Å²) < 4.78 is 27.4. The topological polar surface area (TPSA) is 61.4 Å². The third-order valence-corrected chi connectivity index (χ3v) is 7.53. The fourth-order valence-electron chi connectivity index (χ4n) is 4.38. The first-order chi connectivity index (χ1) is 15.7. The molecule has 1 N–H and O–H groups in total. The second kappa shape index (κ2) is 8.06. The van der Waals surface area contributed by atoms with E-state index in [0.717, 1.165) is 11.1 Å². The van der Waals surface area contributed by atoms with Gasteiger partial charge in [-0.15, -0.1) is 10.2 Å². The molecule has 1 saturated carbocycles. The lowest BCUT2D eigenvalue weighted by Crippen LogP contribution is -2.41. The van der Waals surface area contributed by atoms with E-state index in [-0.39, 0.29) is 29.3 Å². The van der Waals surface area contributed by atoms with Crippen molar-refractivity contribution in [1.82, 2.24) is 15.5 Å². The molecule has 2 aliphatic rings. The van der Waals surface area contributed by atoms with Crippen LogP contribution >= 0.6 is 11.3 Å². The van der Waals surface area contributed by atoms with Gasteiger partial charge >= 0.3 is 6.03 Å². The van der Waals surface area contributed by atoms with Crippen LogP contribution < -0.4 is 15.1 Å². The van der Waals surface area contributed by atoms with E-state index in [1.54, 1.807) is 4.90 Å². The van der Waals surface area contributed by atoms with E-state index in [1.165, 1.54) is 23.5 Å². The number of para-hydroxylation sites is 1. The number of nitrogens with zero attached hydrogens (tertiary/aromatic N) is 4. The minimum Gasteiger partial charge on any atom is -0.368 e. The number of fused-ring (bicyclic) bond motifs is 1. The highest BCUT2D eigenvalue weighted by molar-refractivity contribution is 7.15. The van der Waals surface area contributed by atoms with Crippen molar-refractivity contribution in [2.45, 2.75) is 32.2 Å². The van der Waals surface area contributed by atoms with Crippen LogP contribution in [0.2, 0.25) is 0 Å². The number of carbonyl (C=O) groups excluding carboxylic acids is 1. The lowest BCUT2D eigenvalue weighted by atomic mass is 9.98. The second-order valence-corrected chi connectivity index (χ2v) is 10.6. The molecule has 2 heterocycles. The molecule has 0 spiro atoms. The van der Waals surface area contributed by atoms with E-state index in [1.807, 2.05) is 35.2 Å². The maximum atomic E-state index is 14.1. The van der Waals surface area contributed by atoms with Gasteiger partial charge in [0.05, 0.1) is 11.4 Å². The Bertz CT molecular complexity index is 1170. The molecule has 2 unspecified atom stereocenters. The normalized spacial score (nSPS) is 21.6. The number of halogens is 2. The average Bonchev–Trinajstić information content (AvgIpc) is 3.15. The molecular formula is C24H25F2N5OS. The van der Waals surface area contributed by atoms with Crippen LogP contribution in [0.3, 0.4) is 0 Å². The van der Waals surface area contributed by atoms with Gasteiger partial charge in [-0.25, -0.2) is 18.5 Å². The summed E-state index contributed by atoms with van der Waals surface area (Å²) in [4.78, 5) is 16.9. The quantitative estimate of drug-likeness (QED) is 0.578. The number of hydrogen-bond donors (Lipinski definition) is 1. The van der Waals surface area contributed by atoms with Crippen LogP contribution in [0.25, 0.3) is 0 Å². The Balaban J connectivity index is 1.30. The highest BCUT2D eigenvalue weighted by Gasteiger charge is 2.57. The summed E-state index contributed by atoms with van der Waals surface area (Å²) in [6, 6.07) is 12.8. The summed E-state index contributed by atoms with van der Waals surface area (Å²) in [5.41, 5.74) is 0.956. The first-order valence-electron chi connectivity index (χ1n) is 10.9. The van der Waals surface area contributed by atoms with Crippen LogP contribution in [-0.4, -0.2) is 35.4 Å². The van der Waals surface area contributed by atoms with Crippen molar-refractivity contribution >= 4 is 33.9 Å². The Morgan fingerprint density at radius 3 is 2.39 bits per heavy atom. The van der Waals surface area contributed by atoms with Crippen molar-refractivity contribution in [3.63, 3.8) is 0 Å². The monoisotopic (exact) mass is 469 g/mol. The van der Waals surface area contributed by atoms with Gasteiger partial charge in [-0.2, -0.15) is 0 Å². The molecule has 1 aliphatic heterocycles. The standard InChI is InChI=1S/C24H25F2N5OS/c1-24(2,3)21-28-29-23(33-21)31(15-7-5-4-6-8-15)22(32)27-20-16-12-30(13-17(16)20)19-10-9-14(25)11-18(19)26/h4-11,16-17,20H,12-13H2,1-3H3,(H,27,32). The van der Waals surface area contributed by atoms with Crippen molar-refractivity contribution in [2.24, 2.45) is 11.8 Å². The summed E-state index contributed by atoms with van der Waals surface area (Å²) in [6.07, 6.45) is 0. The first-order valence-corrected chi connectivity index (χ1v) is 11.7. The second-order valence-electron chi connectivity index (χ2n) is 9.61. The van der Waals surface area contributed by atoms with E-state index in [2.05, 4.69) is 36.3 Å². The van der Waals surface area contributed by atoms with E-state index in [0.29, 0.717) is 29.6 Å². The predicted octanol–water partition coefficient (Wildman–Crippen LogP) is 5.10. The number of carbonyl (C=O) groups is 1. The number of amides is 2. The summed E-state index contributed by atoms with van der Waals surface area (Å²) >= 11 is 1.40. The molecule has 2 fully saturated rings. The zero-order valence-corrected chi connectivity index (χ0v) is 19.4. The fraction of sp³-hybridized carbons (Fsp3) is 0.375. The van der Waals surface area contributed by atoms with Gasteiger partial charge in [0, 0.05) is 42.4 Å². The molecule has 3 aromatic rings. The largest absolute Gasteiger partial charge is 0.368 e. The third-order valence-electron chi connectivity index (χ3n) is 6.20. The SMILES string of the molecule is CC(C)(C)c1nnc(N(C(=O)NC2C3CN(c4ccc(F)cc4F)CC32)c2ccccc2)s1. The van der Waals surface area contributed by atoms with Gasteiger partial charge < -0.3 is 10.2 Å². The molecule has 6 nitrogen and oxygen atoms in total. The number of urea groups is 1. The number of rotatable bonds is 4. The lowest BCUT2D eigenvalue weighted by Gasteiger charge is -2.24. The van der Waals surface area contributed by atoms with E-state index >= 15 is 0 Å². The minimum absolute atomic E-state index is 0.0125. The van der Waals surface area contributed by atoms with E-state index in [9.17, 15) is 13.6 Å². The summed E-state index contributed by atoms with van der Waals surface area (Å²) in [5, 5.41) is 13.1. The Morgan fingerprint density at radius 2 is 1.79 bits per heavy atom. The Kier molecular flexibility index (Phi) is 5.31. The number of aromatic nitrogens is 2. The highest BCUT2D eigenvalue weighted by Crippen LogP contribution is 2.47. The smallest absolute Gasteiger partial charge is 0.328 e. The van der Waals surface area contributed by atoms with Gasteiger partial charge in [-0.3, -0.25) is 0 Å². The number of piperidine rings is 1. The first kappa shape index (κ1) is 21.8. The third kappa shape index (κ3) is 4.17. The van der Waals surface area contributed by atoms with Crippen LogP contribution in [0.5, 0.6) is 0 Å². The zero-order chi connectivity index (χ0) is 23.3. The molecule has 172 valence electrons. The van der Waals surface area contributed by atoms with Crippen molar-refractivity contribution in [3.05, 3.63) is 65.2 Å². The summed E-state index contributed by atoms with van der Waals surface area (Å²) in [6.45, 7) is 7.43. The van der Waals surface area contributed by atoms with Crippen molar-refractivity contribution in [3.8, 4) is 0 Å². The number of anilines is 3. The van der Waals surface area contributed by atoms with Gasteiger partial charge in [0.1, 0.15) is 16.6 Å². The van der Waals surface area contributed by atoms with Gasteiger partial charge in [-0.1, -0.05) is 50.3 Å². The maximum Gasteiger partial charge on any atom is 0.328 e. The van der Waals surface area contributed by atoms with Crippen LogP contribution in [0.4, 0.5) is 30.1 Å². The molecule has 2 atom stereocenters. The number of benzene rings is 2. The number of nitrogens with one attached hydrogen (secondary N) is 1. The highest BCUT2D eigenvalue weighted by atomic mass is 32.1. The van der Waals surface area contributed by atoms with Gasteiger partial charge in [0.2, 0.25) is 5.13 Å². The molecule has 2 aromatic carbocycles. The Hall–Kier alpha value is -3.07. The molecule has 1 aromatic heterocycles. The van der Waals surface area contributed by atoms with Crippen LogP contribution in [0.1, 0.15) is 25.8 Å². The van der Waals surface area contributed by atoms with Crippen LogP contribution in [-0.2, 0) is 5.41 Å². The van der Waals surface area contributed by atoms with Crippen molar-refractivity contribution in [2.75, 3.05) is 22.9 Å². The summed E-state index contributed by atoms with van der Waals surface area (Å²) in [7, 11) is 0. The molecule has 1 saturated heterocycles. The average molecular weight is 470 g/mol. The van der Waals surface area contributed by atoms with E-state index < -0.39 is 11.6 Å². The summed E-state index contributed by atoms with van der Waals surface area (Å²) in [5.74, 6) is -0.678. The maximum absolute atomic E-state index is 14.1. The zero-order valence-electron chi connectivity index (χ0n) is 18.6. The predicted molar refractivity (Wildman–Crippen MR) is 125 cm³/mol. The molecule has 1 aliphatic carbocycles. The van der Waals surface area contributed by atoms with Gasteiger partial charge in [-0.05, 0) is 24.3 Å². The van der Waals surface area contributed by atoms with Crippen LogP contribution in [0.15, 0.2) is 48.5 Å². The molecule has 33 heavy (non-hydrogen) atoms. The molecule has 2 amide bonds. The number of hydrogen-bond acceptors (Lipinski definition) is 5. The van der Waals surface area contributed by atoms with E-state index in [4.69, 9.17) is 0 Å². The fourth-order valence-corrected chi connectivity index (χ4v) is 5.30. The molecule has 0 radical (unpaired) electrons. The van der Waals surface area contributed by atoms with Crippen molar-refractivity contribution in [1.29, 1.82) is 0 Å². The van der Waals surface area contributed by atoms with Gasteiger partial charge in [0.25, 0.3) is 0 Å². The lowest BCUT2D eigenvalue weighted by molar-refractivity contribution is 0.247. The Morgan fingerprint density at radius 1 is 1.09 bits per heavy atom. The molecule has 5 rings (SSSR count). The minimum atomic E-state index is -0.585. The Labute approximate surface area is 195 Å². The van der Waals surface area contributed by atoms with Gasteiger partial charge in [0.15, 0.2) is 0 Å².